The second-order valence-corrected chi connectivity index (χ2v) is 9.31. The van der Waals surface area contributed by atoms with Gasteiger partial charge in [0.2, 0.25) is 10.0 Å². The Morgan fingerprint density at radius 1 is 1.07 bits per heavy atom. The molecular weight excluding hydrogens is 398 g/mol. The van der Waals surface area contributed by atoms with Crippen LogP contribution in [0.5, 0.6) is 0 Å². The number of aromatic nitrogens is 1. The summed E-state index contributed by atoms with van der Waals surface area (Å²) in [6, 6.07) is 16.4. The van der Waals surface area contributed by atoms with Crippen LogP contribution in [0.1, 0.15) is 52.6 Å². The Bertz CT molecular complexity index is 1190. The van der Waals surface area contributed by atoms with Gasteiger partial charge in [-0.05, 0) is 61.2 Å². The fraction of sp³-hybridized carbons (Fsp3) is 0.261. The predicted octanol–water partition coefficient (Wildman–Crippen LogP) is 3.79. The third kappa shape index (κ3) is 4.63. The van der Waals surface area contributed by atoms with Gasteiger partial charge in [-0.25, -0.2) is 13.6 Å². The van der Waals surface area contributed by atoms with Gasteiger partial charge in [-0.2, -0.15) is 0 Å². The minimum absolute atomic E-state index is 0.0254. The van der Waals surface area contributed by atoms with Gasteiger partial charge >= 0.3 is 0 Å². The standard InChI is InChI=1S/C23H27N3O3S/c1-15(2)19-8-6-9-20(13-19)26-16(3)11-22(17(26)4)23(27)25-14-18-7-5-10-21(12-18)30(24,28)29/h5-13,15H,14H2,1-4H3,(H,25,27)(H2,24,28,29). The van der Waals surface area contributed by atoms with Gasteiger partial charge < -0.3 is 9.88 Å². The molecule has 0 saturated heterocycles. The Labute approximate surface area is 177 Å². The summed E-state index contributed by atoms with van der Waals surface area (Å²) >= 11 is 0. The number of carbonyl (C=O) groups is 1. The number of nitrogens with one attached hydrogen (secondary N) is 1. The van der Waals surface area contributed by atoms with Crippen LogP contribution in [-0.4, -0.2) is 18.9 Å². The summed E-state index contributed by atoms with van der Waals surface area (Å²) in [6.07, 6.45) is 0. The fourth-order valence-electron chi connectivity index (χ4n) is 3.52. The number of primary sulfonamides is 1. The monoisotopic (exact) mass is 425 g/mol. The Balaban J connectivity index is 1.83. The lowest BCUT2D eigenvalue weighted by Gasteiger charge is -2.13. The van der Waals surface area contributed by atoms with Gasteiger partial charge in [0, 0.05) is 23.6 Å². The highest BCUT2D eigenvalue weighted by Gasteiger charge is 2.17. The van der Waals surface area contributed by atoms with Crippen LogP contribution in [0.15, 0.2) is 59.5 Å². The first kappa shape index (κ1) is 21.8. The summed E-state index contributed by atoms with van der Waals surface area (Å²) in [4.78, 5) is 12.9. The smallest absolute Gasteiger partial charge is 0.253 e. The number of sulfonamides is 1. The fourth-order valence-corrected chi connectivity index (χ4v) is 4.11. The van der Waals surface area contributed by atoms with Crippen LogP contribution in [-0.2, 0) is 16.6 Å². The van der Waals surface area contributed by atoms with Crippen LogP contribution in [0.2, 0.25) is 0 Å². The minimum Gasteiger partial charge on any atom is -0.348 e. The first-order valence-corrected chi connectivity index (χ1v) is 11.3. The molecule has 0 aliphatic heterocycles. The summed E-state index contributed by atoms with van der Waals surface area (Å²) in [5.74, 6) is 0.201. The molecule has 0 atom stereocenters. The van der Waals surface area contributed by atoms with Gasteiger partial charge in [0.15, 0.2) is 0 Å². The van der Waals surface area contributed by atoms with Gasteiger partial charge in [0.25, 0.3) is 5.91 Å². The van der Waals surface area contributed by atoms with E-state index in [2.05, 4.69) is 35.9 Å². The molecule has 30 heavy (non-hydrogen) atoms. The van der Waals surface area contributed by atoms with Crippen LogP contribution >= 0.6 is 0 Å². The quantitative estimate of drug-likeness (QED) is 0.629. The minimum atomic E-state index is -3.78. The molecule has 0 unspecified atom stereocenters. The van der Waals surface area contributed by atoms with Crippen molar-refractivity contribution in [3.63, 3.8) is 0 Å². The normalized spacial score (nSPS) is 11.7. The molecule has 1 amide bonds. The van der Waals surface area contributed by atoms with Crippen molar-refractivity contribution in [2.45, 2.75) is 45.1 Å². The number of benzene rings is 2. The zero-order valence-corrected chi connectivity index (χ0v) is 18.5. The van der Waals surface area contributed by atoms with E-state index in [9.17, 15) is 13.2 Å². The topological polar surface area (TPSA) is 94.2 Å². The largest absolute Gasteiger partial charge is 0.348 e. The summed E-state index contributed by atoms with van der Waals surface area (Å²) in [5, 5.41) is 8.05. The van der Waals surface area contributed by atoms with Crippen molar-refractivity contribution in [3.8, 4) is 5.69 Å². The van der Waals surface area contributed by atoms with Crippen molar-refractivity contribution < 1.29 is 13.2 Å². The SMILES string of the molecule is Cc1cc(C(=O)NCc2cccc(S(N)(=O)=O)c2)c(C)n1-c1cccc(C(C)C)c1. The molecule has 0 aliphatic carbocycles. The van der Waals surface area contributed by atoms with Gasteiger partial charge in [0.05, 0.1) is 10.5 Å². The second-order valence-electron chi connectivity index (χ2n) is 7.74. The van der Waals surface area contributed by atoms with E-state index in [1.807, 2.05) is 32.0 Å². The number of hydrogen-bond donors (Lipinski definition) is 2. The average molecular weight is 426 g/mol. The molecule has 6 nitrogen and oxygen atoms in total. The first-order valence-electron chi connectivity index (χ1n) is 9.77. The van der Waals surface area contributed by atoms with E-state index in [0.717, 1.165) is 17.1 Å². The lowest BCUT2D eigenvalue weighted by Crippen LogP contribution is -2.23. The molecule has 0 radical (unpaired) electrons. The lowest BCUT2D eigenvalue weighted by molar-refractivity contribution is 0.0950. The molecule has 2 aromatic carbocycles. The highest BCUT2D eigenvalue weighted by atomic mass is 32.2. The van der Waals surface area contributed by atoms with Crippen LogP contribution < -0.4 is 10.5 Å². The number of hydrogen-bond acceptors (Lipinski definition) is 3. The molecule has 3 aromatic rings. The molecule has 0 spiro atoms. The summed E-state index contributed by atoms with van der Waals surface area (Å²) in [6.45, 7) is 8.40. The number of rotatable bonds is 6. The van der Waals surface area contributed by atoms with Crippen molar-refractivity contribution in [2.24, 2.45) is 5.14 Å². The first-order chi connectivity index (χ1) is 14.1. The summed E-state index contributed by atoms with van der Waals surface area (Å²) in [5.41, 5.74) is 5.33. The molecular formula is C23H27N3O3S. The third-order valence-electron chi connectivity index (χ3n) is 5.15. The van der Waals surface area contributed by atoms with Crippen LogP contribution in [0.4, 0.5) is 0 Å². The van der Waals surface area contributed by atoms with Crippen molar-refractivity contribution in [1.82, 2.24) is 9.88 Å². The second kappa shape index (κ2) is 8.45. The summed E-state index contributed by atoms with van der Waals surface area (Å²) in [7, 11) is -3.78. The molecule has 158 valence electrons. The maximum absolute atomic E-state index is 12.8. The Morgan fingerprint density at radius 3 is 2.43 bits per heavy atom. The molecule has 7 heteroatoms. The Hall–Kier alpha value is -2.90. The number of aryl methyl sites for hydroxylation is 1. The maximum Gasteiger partial charge on any atom is 0.253 e. The number of amides is 1. The molecule has 0 aliphatic rings. The number of carbonyl (C=O) groups excluding carboxylic acids is 1. The zero-order valence-electron chi connectivity index (χ0n) is 17.6. The van der Waals surface area contributed by atoms with Gasteiger partial charge in [0.1, 0.15) is 0 Å². The van der Waals surface area contributed by atoms with E-state index >= 15 is 0 Å². The maximum atomic E-state index is 12.8. The van der Waals surface area contributed by atoms with Crippen molar-refractivity contribution in [1.29, 1.82) is 0 Å². The van der Waals surface area contributed by atoms with Crippen molar-refractivity contribution in [2.75, 3.05) is 0 Å². The highest BCUT2D eigenvalue weighted by molar-refractivity contribution is 7.89. The molecule has 1 aromatic heterocycles. The van der Waals surface area contributed by atoms with E-state index in [-0.39, 0.29) is 17.3 Å². The highest BCUT2D eigenvalue weighted by Crippen LogP contribution is 2.24. The lowest BCUT2D eigenvalue weighted by atomic mass is 10.0. The number of nitrogens with zero attached hydrogens (tertiary/aromatic N) is 1. The average Bonchev–Trinajstić information content (AvgIpc) is 3.00. The molecule has 0 saturated carbocycles. The van der Waals surface area contributed by atoms with E-state index in [1.165, 1.54) is 17.7 Å². The van der Waals surface area contributed by atoms with Crippen LogP contribution in [0.3, 0.4) is 0 Å². The van der Waals surface area contributed by atoms with Crippen molar-refractivity contribution in [3.05, 3.63) is 82.7 Å². The molecule has 0 bridgehead atoms. The predicted molar refractivity (Wildman–Crippen MR) is 118 cm³/mol. The molecule has 3 N–H and O–H groups in total. The summed E-state index contributed by atoms with van der Waals surface area (Å²) < 4.78 is 25.1. The number of nitrogens with two attached hydrogens (primary N) is 1. The zero-order chi connectivity index (χ0) is 22.1. The van der Waals surface area contributed by atoms with Crippen molar-refractivity contribution >= 4 is 15.9 Å². The molecule has 3 rings (SSSR count). The van der Waals surface area contributed by atoms with Crippen LogP contribution in [0, 0.1) is 13.8 Å². The third-order valence-corrected chi connectivity index (χ3v) is 6.06. The molecule has 0 fully saturated rings. The van der Waals surface area contributed by atoms with E-state index in [0.29, 0.717) is 17.0 Å². The van der Waals surface area contributed by atoms with Gasteiger partial charge in [-0.3, -0.25) is 4.79 Å². The Morgan fingerprint density at radius 2 is 1.77 bits per heavy atom. The van der Waals surface area contributed by atoms with Gasteiger partial charge in [-0.15, -0.1) is 0 Å². The van der Waals surface area contributed by atoms with E-state index < -0.39 is 10.0 Å². The molecule has 1 heterocycles. The van der Waals surface area contributed by atoms with E-state index in [4.69, 9.17) is 5.14 Å². The van der Waals surface area contributed by atoms with Gasteiger partial charge in [-0.1, -0.05) is 38.1 Å². The Kier molecular flexibility index (Phi) is 6.14. The van der Waals surface area contributed by atoms with E-state index in [1.54, 1.807) is 12.1 Å². The van der Waals surface area contributed by atoms with Crippen LogP contribution in [0.25, 0.3) is 5.69 Å².